The van der Waals surface area contributed by atoms with Crippen molar-refractivity contribution in [2.45, 2.75) is 6.42 Å². The molecule has 0 saturated heterocycles. The van der Waals surface area contributed by atoms with Gasteiger partial charge in [-0.2, -0.15) is 4.98 Å². The van der Waals surface area contributed by atoms with Crippen molar-refractivity contribution >= 4 is 11.4 Å². The van der Waals surface area contributed by atoms with Gasteiger partial charge in [0.05, 0.1) is 11.4 Å². The Morgan fingerprint density at radius 2 is 2.31 bits per heavy atom. The Hall–Kier alpha value is -2.11. The van der Waals surface area contributed by atoms with Crippen molar-refractivity contribution in [1.82, 2.24) is 10.1 Å². The van der Waals surface area contributed by atoms with Gasteiger partial charge in [0.15, 0.2) is 5.82 Å². The number of aromatic nitrogens is 2. The second kappa shape index (κ2) is 4.61. The standard InChI is InChI=1S/C10H11FN4O/c11-7-1-2-9(8(12)5-7)13-4-3-10-14-6-16-15-10/h1-2,5-6,13H,3-4,12H2. The van der Waals surface area contributed by atoms with E-state index in [1.54, 1.807) is 6.07 Å². The molecule has 0 atom stereocenters. The minimum absolute atomic E-state index is 0.346. The normalized spacial score (nSPS) is 10.3. The third-order valence-corrected chi connectivity index (χ3v) is 2.08. The zero-order valence-corrected chi connectivity index (χ0v) is 8.48. The molecular formula is C10H11FN4O. The summed E-state index contributed by atoms with van der Waals surface area (Å²) in [5, 5.41) is 6.73. The summed E-state index contributed by atoms with van der Waals surface area (Å²) in [5.41, 5.74) is 6.71. The maximum Gasteiger partial charge on any atom is 0.213 e. The maximum atomic E-state index is 12.8. The Morgan fingerprint density at radius 3 is 3.00 bits per heavy atom. The summed E-state index contributed by atoms with van der Waals surface area (Å²) in [5.74, 6) is 0.273. The molecular weight excluding hydrogens is 211 g/mol. The van der Waals surface area contributed by atoms with Gasteiger partial charge in [-0.25, -0.2) is 4.39 Å². The smallest absolute Gasteiger partial charge is 0.213 e. The molecule has 5 nitrogen and oxygen atoms in total. The molecule has 6 heteroatoms. The highest BCUT2D eigenvalue weighted by Crippen LogP contribution is 2.18. The largest absolute Gasteiger partial charge is 0.397 e. The number of benzene rings is 1. The van der Waals surface area contributed by atoms with Crippen LogP contribution in [-0.4, -0.2) is 16.7 Å². The fourth-order valence-electron chi connectivity index (χ4n) is 1.31. The van der Waals surface area contributed by atoms with Crippen LogP contribution in [0.4, 0.5) is 15.8 Å². The molecule has 3 N–H and O–H groups in total. The Morgan fingerprint density at radius 1 is 1.44 bits per heavy atom. The van der Waals surface area contributed by atoms with Crippen molar-refractivity contribution in [2.24, 2.45) is 0 Å². The summed E-state index contributed by atoms with van der Waals surface area (Å²) in [7, 11) is 0. The SMILES string of the molecule is Nc1cc(F)ccc1NCCc1ncon1. The van der Waals surface area contributed by atoms with Gasteiger partial charge in [-0.3, -0.25) is 0 Å². The summed E-state index contributed by atoms with van der Waals surface area (Å²) in [6.07, 6.45) is 1.90. The van der Waals surface area contributed by atoms with Gasteiger partial charge in [-0.05, 0) is 18.2 Å². The minimum Gasteiger partial charge on any atom is -0.397 e. The monoisotopic (exact) mass is 222 g/mol. The summed E-state index contributed by atoms with van der Waals surface area (Å²) in [4.78, 5) is 3.87. The van der Waals surface area contributed by atoms with Crippen molar-refractivity contribution in [2.75, 3.05) is 17.6 Å². The van der Waals surface area contributed by atoms with Crippen LogP contribution >= 0.6 is 0 Å². The number of hydrogen-bond acceptors (Lipinski definition) is 5. The first-order valence-corrected chi connectivity index (χ1v) is 4.80. The van der Waals surface area contributed by atoms with Crippen molar-refractivity contribution in [1.29, 1.82) is 0 Å². The number of anilines is 2. The lowest BCUT2D eigenvalue weighted by atomic mass is 10.2. The van der Waals surface area contributed by atoms with Crippen molar-refractivity contribution in [3.8, 4) is 0 Å². The van der Waals surface area contributed by atoms with Gasteiger partial charge in [0.2, 0.25) is 6.39 Å². The molecule has 0 aliphatic rings. The third kappa shape index (κ3) is 2.47. The molecule has 0 fully saturated rings. The van der Waals surface area contributed by atoms with E-state index in [0.717, 1.165) is 0 Å². The second-order valence-corrected chi connectivity index (χ2v) is 3.26. The lowest BCUT2D eigenvalue weighted by Crippen LogP contribution is -2.07. The summed E-state index contributed by atoms with van der Waals surface area (Å²) in [6.45, 7) is 0.607. The molecule has 0 unspecified atom stereocenters. The Bertz CT molecular complexity index is 458. The minimum atomic E-state index is -0.346. The van der Waals surface area contributed by atoms with Crippen LogP contribution in [0.25, 0.3) is 0 Å². The molecule has 84 valence electrons. The van der Waals surface area contributed by atoms with Crippen molar-refractivity contribution in [3.63, 3.8) is 0 Å². The summed E-state index contributed by atoms with van der Waals surface area (Å²) in [6, 6.07) is 4.23. The van der Waals surface area contributed by atoms with Crippen LogP contribution in [-0.2, 0) is 6.42 Å². The molecule has 1 aromatic carbocycles. The van der Waals surface area contributed by atoms with Gasteiger partial charge >= 0.3 is 0 Å². The van der Waals surface area contributed by atoms with Crippen LogP contribution in [0.5, 0.6) is 0 Å². The lowest BCUT2D eigenvalue weighted by molar-refractivity contribution is 0.410. The van der Waals surface area contributed by atoms with Gasteiger partial charge in [0.25, 0.3) is 0 Å². The average Bonchev–Trinajstić information content (AvgIpc) is 2.74. The topological polar surface area (TPSA) is 77.0 Å². The van der Waals surface area contributed by atoms with E-state index in [9.17, 15) is 4.39 Å². The Balaban J connectivity index is 1.90. The van der Waals surface area contributed by atoms with E-state index >= 15 is 0 Å². The van der Waals surface area contributed by atoms with E-state index in [1.807, 2.05) is 0 Å². The van der Waals surface area contributed by atoms with E-state index in [0.29, 0.717) is 30.2 Å². The van der Waals surface area contributed by atoms with E-state index in [4.69, 9.17) is 5.73 Å². The number of hydrogen-bond donors (Lipinski definition) is 2. The molecule has 0 aliphatic heterocycles. The fourth-order valence-corrected chi connectivity index (χ4v) is 1.31. The van der Waals surface area contributed by atoms with Gasteiger partial charge in [-0.1, -0.05) is 5.16 Å². The molecule has 0 amide bonds. The van der Waals surface area contributed by atoms with Gasteiger partial charge < -0.3 is 15.6 Å². The molecule has 0 saturated carbocycles. The fraction of sp³-hybridized carbons (Fsp3) is 0.200. The number of nitrogen functional groups attached to an aromatic ring is 1. The van der Waals surface area contributed by atoms with Crippen molar-refractivity contribution < 1.29 is 8.91 Å². The Labute approximate surface area is 91.5 Å². The van der Waals surface area contributed by atoms with Crippen LogP contribution in [0.3, 0.4) is 0 Å². The van der Waals surface area contributed by atoms with E-state index in [1.165, 1.54) is 18.5 Å². The number of nitrogens with zero attached hydrogens (tertiary/aromatic N) is 2. The highest BCUT2D eigenvalue weighted by molar-refractivity contribution is 5.65. The van der Waals surface area contributed by atoms with Crippen LogP contribution in [0.2, 0.25) is 0 Å². The van der Waals surface area contributed by atoms with E-state index in [2.05, 4.69) is 20.0 Å². The zero-order valence-electron chi connectivity index (χ0n) is 8.48. The molecule has 1 aromatic heterocycles. The maximum absolute atomic E-state index is 12.8. The van der Waals surface area contributed by atoms with Crippen molar-refractivity contribution in [3.05, 3.63) is 36.2 Å². The van der Waals surface area contributed by atoms with E-state index in [-0.39, 0.29) is 5.82 Å². The first kappa shape index (κ1) is 10.4. The zero-order chi connectivity index (χ0) is 11.4. The third-order valence-electron chi connectivity index (χ3n) is 2.08. The van der Waals surface area contributed by atoms with Gasteiger partial charge in [-0.15, -0.1) is 0 Å². The molecule has 2 aromatic rings. The number of nitrogens with one attached hydrogen (secondary N) is 1. The molecule has 0 radical (unpaired) electrons. The first-order chi connectivity index (χ1) is 7.75. The van der Waals surface area contributed by atoms with Crippen LogP contribution in [0.15, 0.2) is 29.1 Å². The van der Waals surface area contributed by atoms with Gasteiger partial charge in [0.1, 0.15) is 5.82 Å². The molecule has 0 spiro atoms. The van der Waals surface area contributed by atoms with Crippen LogP contribution in [0.1, 0.15) is 5.82 Å². The summed E-state index contributed by atoms with van der Waals surface area (Å²) >= 11 is 0. The predicted octanol–water partition coefficient (Wildman–Crippen LogP) is 1.45. The molecule has 0 aliphatic carbocycles. The van der Waals surface area contributed by atoms with Crippen LogP contribution < -0.4 is 11.1 Å². The molecule has 2 rings (SSSR count). The quantitative estimate of drug-likeness (QED) is 0.765. The van der Waals surface area contributed by atoms with E-state index < -0.39 is 0 Å². The lowest BCUT2D eigenvalue weighted by Gasteiger charge is -2.07. The highest BCUT2D eigenvalue weighted by atomic mass is 19.1. The predicted molar refractivity (Wildman–Crippen MR) is 57.3 cm³/mol. The molecule has 16 heavy (non-hydrogen) atoms. The van der Waals surface area contributed by atoms with Crippen LogP contribution in [0, 0.1) is 5.82 Å². The average molecular weight is 222 g/mol. The highest BCUT2D eigenvalue weighted by Gasteiger charge is 2.01. The number of nitrogens with two attached hydrogens (primary N) is 1. The molecule has 0 bridgehead atoms. The van der Waals surface area contributed by atoms with Gasteiger partial charge in [0, 0.05) is 13.0 Å². The Kier molecular flexibility index (Phi) is 3.00. The number of rotatable bonds is 4. The molecule has 1 heterocycles. The summed E-state index contributed by atoms with van der Waals surface area (Å²) < 4.78 is 17.3. The first-order valence-electron chi connectivity index (χ1n) is 4.80. The number of halogens is 1. The second-order valence-electron chi connectivity index (χ2n) is 3.26.